The molecule has 6 rings (SSSR count). The van der Waals surface area contributed by atoms with Crippen LogP contribution in [-0.2, 0) is 30.2 Å². The van der Waals surface area contributed by atoms with Crippen molar-refractivity contribution >= 4 is 43.8 Å². The minimum Gasteiger partial charge on any atom is -0.387 e. The Morgan fingerprint density at radius 3 is 2.62 bits per heavy atom. The van der Waals surface area contributed by atoms with Crippen LogP contribution in [0.2, 0.25) is 5.28 Å². The maximum absolute atomic E-state index is 12.0. The number of aliphatic hydroxyl groups excluding tert-OH is 2. The van der Waals surface area contributed by atoms with Crippen molar-refractivity contribution in [2.24, 2.45) is 0 Å². The summed E-state index contributed by atoms with van der Waals surface area (Å²) in [4.78, 5) is 42.8. The molecular formula is C22H26ClN5O9P2. The first-order chi connectivity index (χ1) is 18.4. The van der Waals surface area contributed by atoms with Gasteiger partial charge in [-0.05, 0) is 35.6 Å². The van der Waals surface area contributed by atoms with E-state index in [1.165, 1.54) is 22.0 Å². The number of imidazole rings is 1. The van der Waals surface area contributed by atoms with E-state index >= 15 is 0 Å². The summed E-state index contributed by atoms with van der Waals surface area (Å²) in [6.07, 6.45) is -2.11. The van der Waals surface area contributed by atoms with Crippen molar-refractivity contribution in [1.29, 1.82) is 0 Å². The van der Waals surface area contributed by atoms with Gasteiger partial charge in [0.2, 0.25) is 5.28 Å². The van der Waals surface area contributed by atoms with E-state index in [4.69, 9.17) is 30.6 Å². The van der Waals surface area contributed by atoms with Gasteiger partial charge < -0.3 is 39.1 Å². The molecule has 0 saturated carbocycles. The molecule has 2 saturated heterocycles. The van der Waals surface area contributed by atoms with Gasteiger partial charge in [0.25, 0.3) is 0 Å². The van der Waals surface area contributed by atoms with Gasteiger partial charge >= 0.3 is 15.2 Å². The third-order valence-corrected chi connectivity index (χ3v) is 11.2. The Morgan fingerprint density at radius 1 is 1.13 bits per heavy atom. The number of benzene rings is 1. The highest BCUT2D eigenvalue weighted by atomic mass is 35.5. The molecular weight excluding hydrogens is 576 g/mol. The van der Waals surface area contributed by atoms with Crippen LogP contribution in [0.25, 0.3) is 11.2 Å². The summed E-state index contributed by atoms with van der Waals surface area (Å²) in [6.45, 7) is 0.763. The van der Waals surface area contributed by atoms with Gasteiger partial charge in [-0.15, -0.1) is 0 Å². The molecule has 5 unspecified atom stereocenters. The van der Waals surface area contributed by atoms with E-state index in [2.05, 4.69) is 32.0 Å². The van der Waals surface area contributed by atoms with E-state index < -0.39 is 52.2 Å². The molecule has 1 aliphatic carbocycles. The molecule has 39 heavy (non-hydrogen) atoms. The fraction of sp³-hybridized carbons (Fsp3) is 0.500. The third-order valence-electron chi connectivity index (χ3n) is 7.54. The summed E-state index contributed by atoms with van der Waals surface area (Å²) >= 11 is 6.28. The minimum absolute atomic E-state index is 0.0386. The van der Waals surface area contributed by atoms with Crippen LogP contribution in [0, 0.1) is 0 Å². The van der Waals surface area contributed by atoms with Crippen LogP contribution in [0.15, 0.2) is 30.6 Å². The molecule has 14 nitrogen and oxygen atoms in total. The number of aliphatic hydroxyl groups is 2. The van der Waals surface area contributed by atoms with Crippen LogP contribution in [0.3, 0.4) is 0 Å². The molecule has 5 atom stereocenters. The number of halogens is 1. The SMILES string of the molecule is O=P(O)(O)CP(=O)(O)OCC1OC(n2cnc3c(N4CC5(CCc6ccccc65)C4)nc(Cl)nc32)C(O)C1O. The zero-order valence-corrected chi connectivity index (χ0v) is 22.9. The van der Waals surface area contributed by atoms with Crippen molar-refractivity contribution in [2.75, 3.05) is 30.5 Å². The van der Waals surface area contributed by atoms with Gasteiger partial charge in [-0.25, -0.2) is 4.98 Å². The van der Waals surface area contributed by atoms with Crippen molar-refractivity contribution in [3.05, 3.63) is 47.0 Å². The van der Waals surface area contributed by atoms with E-state index in [9.17, 15) is 24.2 Å². The molecule has 17 heteroatoms. The summed E-state index contributed by atoms with van der Waals surface area (Å²) in [5.41, 5.74) is 3.42. The Kier molecular flexibility index (Phi) is 6.67. The molecule has 3 aromatic rings. The highest BCUT2D eigenvalue weighted by Gasteiger charge is 2.50. The molecule has 1 spiro atoms. The monoisotopic (exact) mass is 601 g/mol. The maximum Gasteiger partial charge on any atom is 0.340 e. The van der Waals surface area contributed by atoms with Crippen molar-refractivity contribution < 1.29 is 43.3 Å². The van der Waals surface area contributed by atoms with E-state index in [0.717, 1.165) is 25.9 Å². The molecule has 210 valence electrons. The van der Waals surface area contributed by atoms with Gasteiger partial charge in [-0.2, -0.15) is 9.97 Å². The van der Waals surface area contributed by atoms with E-state index in [1.54, 1.807) is 0 Å². The lowest BCUT2D eigenvalue weighted by Gasteiger charge is -2.49. The fourth-order valence-electron chi connectivity index (χ4n) is 5.77. The van der Waals surface area contributed by atoms with E-state index in [0.29, 0.717) is 11.3 Å². The number of fused-ring (bicyclic) bond motifs is 3. The van der Waals surface area contributed by atoms with Crippen molar-refractivity contribution in [3.8, 4) is 0 Å². The van der Waals surface area contributed by atoms with Gasteiger partial charge in [0.05, 0.1) is 12.9 Å². The number of hydrogen-bond acceptors (Lipinski definition) is 10. The molecule has 2 aromatic heterocycles. The predicted molar refractivity (Wildman–Crippen MR) is 138 cm³/mol. The second kappa shape index (κ2) is 9.56. The predicted octanol–water partition coefficient (Wildman–Crippen LogP) is 1.14. The molecule has 0 bridgehead atoms. The standard InChI is InChI=1S/C22H26ClN5O9P2/c23-21-25-18(27-8-22(9-27)6-5-12-3-1-2-4-13(12)22)15-19(26-21)28(10-24-15)20-17(30)16(29)14(37-20)7-36-39(34,35)11-38(31,32)33/h1-4,10,14,16-17,20,29-30H,5-9,11H2,(H,34,35)(H2,31,32,33). The molecule has 4 heterocycles. The first-order valence-electron chi connectivity index (χ1n) is 12.1. The fourth-order valence-corrected chi connectivity index (χ4v) is 8.50. The van der Waals surface area contributed by atoms with Crippen LogP contribution in [0.1, 0.15) is 23.8 Å². The van der Waals surface area contributed by atoms with Crippen LogP contribution in [-0.4, -0.2) is 88.3 Å². The lowest BCUT2D eigenvalue weighted by atomic mass is 9.75. The normalized spacial score (nSPS) is 27.6. The molecule has 2 fully saturated rings. The number of anilines is 1. The summed E-state index contributed by atoms with van der Waals surface area (Å²) in [6, 6.07) is 8.42. The maximum atomic E-state index is 12.0. The van der Waals surface area contributed by atoms with Crippen molar-refractivity contribution in [2.45, 2.75) is 42.8 Å². The minimum atomic E-state index is -4.83. The first kappa shape index (κ1) is 27.2. The van der Waals surface area contributed by atoms with Gasteiger partial charge in [0.1, 0.15) is 18.3 Å². The number of rotatable bonds is 7. The van der Waals surface area contributed by atoms with Gasteiger partial charge in [-0.3, -0.25) is 13.7 Å². The number of hydrogen-bond donors (Lipinski definition) is 5. The smallest absolute Gasteiger partial charge is 0.340 e. The summed E-state index contributed by atoms with van der Waals surface area (Å²) < 4.78 is 34.9. The van der Waals surface area contributed by atoms with Crippen LogP contribution in [0.4, 0.5) is 5.82 Å². The summed E-state index contributed by atoms with van der Waals surface area (Å²) in [5, 5.41) is 21.1. The highest BCUT2D eigenvalue weighted by molar-refractivity contribution is 7.70. The zero-order valence-electron chi connectivity index (χ0n) is 20.3. The second-order valence-corrected chi connectivity index (χ2v) is 14.6. The van der Waals surface area contributed by atoms with Crippen LogP contribution < -0.4 is 4.90 Å². The Labute approximate surface area is 226 Å². The Balaban J connectivity index is 1.22. The lowest BCUT2D eigenvalue weighted by Crippen LogP contribution is -2.58. The van der Waals surface area contributed by atoms with Gasteiger partial charge in [0, 0.05) is 18.5 Å². The molecule has 0 radical (unpaired) electrons. The Hall–Kier alpha value is -1.96. The quantitative estimate of drug-likeness (QED) is 0.191. The van der Waals surface area contributed by atoms with Gasteiger partial charge in [0.15, 0.2) is 29.1 Å². The lowest BCUT2D eigenvalue weighted by molar-refractivity contribution is -0.0483. The van der Waals surface area contributed by atoms with E-state index in [-0.39, 0.29) is 16.3 Å². The van der Waals surface area contributed by atoms with Gasteiger partial charge in [-0.1, -0.05) is 24.3 Å². The summed E-state index contributed by atoms with van der Waals surface area (Å²) in [5.74, 6) is -0.854. The largest absolute Gasteiger partial charge is 0.387 e. The first-order valence-corrected chi connectivity index (χ1v) is 16.1. The Bertz CT molecular complexity index is 1530. The average molecular weight is 602 g/mol. The molecule has 1 aromatic carbocycles. The number of nitrogens with zero attached hydrogens (tertiary/aromatic N) is 5. The molecule has 0 amide bonds. The Morgan fingerprint density at radius 2 is 1.87 bits per heavy atom. The zero-order chi connectivity index (χ0) is 27.7. The van der Waals surface area contributed by atoms with Crippen molar-refractivity contribution in [3.63, 3.8) is 0 Å². The topological polar surface area (TPSA) is 201 Å². The average Bonchev–Trinajstić information content (AvgIpc) is 3.50. The van der Waals surface area contributed by atoms with Crippen molar-refractivity contribution in [1.82, 2.24) is 19.5 Å². The van der Waals surface area contributed by atoms with Crippen LogP contribution >= 0.6 is 26.8 Å². The van der Waals surface area contributed by atoms with Crippen LogP contribution in [0.5, 0.6) is 0 Å². The molecule has 3 aliphatic rings. The molecule has 2 aliphatic heterocycles. The van der Waals surface area contributed by atoms with E-state index in [1.807, 2.05) is 12.1 Å². The second-order valence-electron chi connectivity index (χ2n) is 10.2. The number of aryl methyl sites for hydroxylation is 1. The third kappa shape index (κ3) is 4.93. The number of aromatic nitrogens is 4. The number of ether oxygens (including phenoxy) is 1. The highest BCUT2D eigenvalue weighted by Crippen LogP contribution is 2.55. The molecule has 5 N–H and O–H groups in total. The summed E-state index contributed by atoms with van der Waals surface area (Å²) in [7, 11) is -9.51.